The van der Waals surface area contributed by atoms with Gasteiger partial charge in [-0.05, 0) is 55.8 Å². The van der Waals surface area contributed by atoms with Crippen molar-refractivity contribution in [3.05, 3.63) is 65.6 Å². The quantitative estimate of drug-likeness (QED) is 0.450. The highest BCUT2D eigenvalue weighted by atomic mass is 32.1. The molecule has 1 amide bonds. The standard InChI is InChI=1S/C24H24FN5O2S/c1-16-21-22(30(27-16)19-9-7-18(25)8-10-19)26-24(33-21)29-12-4-11-28(13-14-29)23(31)17-5-3-6-20(15-17)32-2/h3,5-10,15H,4,11-14H2,1-2H3. The average molecular weight is 466 g/mol. The Kier molecular flexibility index (Phi) is 5.72. The smallest absolute Gasteiger partial charge is 0.254 e. The first-order chi connectivity index (χ1) is 16.0. The van der Waals surface area contributed by atoms with E-state index in [1.54, 1.807) is 41.3 Å². The van der Waals surface area contributed by atoms with Crippen LogP contribution in [0.3, 0.4) is 0 Å². The Labute approximate surface area is 195 Å². The van der Waals surface area contributed by atoms with Gasteiger partial charge >= 0.3 is 0 Å². The Bertz CT molecular complexity index is 1300. The number of thiazole rings is 1. The minimum atomic E-state index is -0.282. The highest BCUT2D eigenvalue weighted by Gasteiger charge is 2.24. The lowest BCUT2D eigenvalue weighted by molar-refractivity contribution is 0.0766. The van der Waals surface area contributed by atoms with Crippen molar-refractivity contribution in [2.75, 3.05) is 38.2 Å². The van der Waals surface area contributed by atoms with Gasteiger partial charge in [0.15, 0.2) is 10.8 Å². The third-order valence-corrected chi connectivity index (χ3v) is 7.03. The summed E-state index contributed by atoms with van der Waals surface area (Å²) in [4.78, 5) is 22.0. The molecule has 0 aliphatic carbocycles. The first kappa shape index (κ1) is 21.4. The van der Waals surface area contributed by atoms with E-state index in [0.29, 0.717) is 30.9 Å². The SMILES string of the molecule is COc1cccc(C(=O)N2CCCN(c3nc4c(s3)c(C)nn4-c3ccc(F)cc3)CC2)c1. The van der Waals surface area contributed by atoms with Crippen molar-refractivity contribution in [2.24, 2.45) is 0 Å². The monoisotopic (exact) mass is 465 g/mol. The van der Waals surface area contributed by atoms with E-state index in [9.17, 15) is 9.18 Å². The van der Waals surface area contributed by atoms with E-state index in [-0.39, 0.29) is 11.7 Å². The summed E-state index contributed by atoms with van der Waals surface area (Å²) in [6, 6.07) is 13.5. The Morgan fingerprint density at radius 3 is 2.70 bits per heavy atom. The lowest BCUT2D eigenvalue weighted by Gasteiger charge is -2.22. The molecule has 0 spiro atoms. The molecule has 4 aromatic rings. The summed E-state index contributed by atoms with van der Waals surface area (Å²) in [5, 5.41) is 5.51. The molecule has 1 fully saturated rings. The lowest BCUT2D eigenvalue weighted by atomic mass is 10.2. The number of rotatable bonds is 4. The van der Waals surface area contributed by atoms with Crippen LogP contribution >= 0.6 is 11.3 Å². The third-order valence-electron chi connectivity index (χ3n) is 5.82. The Morgan fingerprint density at radius 1 is 1.09 bits per heavy atom. The fourth-order valence-corrected chi connectivity index (χ4v) is 5.11. The number of aromatic nitrogens is 3. The van der Waals surface area contributed by atoms with Gasteiger partial charge in [0.25, 0.3) is 5.91 Å². The molecule has 0 N–H and O–H groups in total. The van der Waals surface area contributed by atoms with Crippen LogP contribution < -0.4 is 9.64 Å². The maximum atomic E-state index is 13.4. The molecule has 1 aliphatic heterocycles. The van der Waals surface area contributed by atoms with Crippen LogP contribution in [0.15, 0.2) is 48.5 Å². The summed E-state index contributed by atoms with van der Waals surface area (Å²) in [5.41, 5.74) is 3.07. The number of benzene rings is 2. The minimum Gasteiger partial charge on any atom is -0.497 e. The largest absolute Gasteiger partial charge is 0.497 e. The molecule has 7 nitrogen and oxygen atoms in total. The number of nitrogens with zero attached hydrogens (tertiary/aromatic N) is 5. The van der Waals surface area contributed by atoms with Crippen molar-refractivity contribution in [1.82, 2.24) is 19.7 Å². The molecule has 0 radical (unpaired) electrons. The van der Waals surface area contributed by atoms with Crippen LogP contribution in [-0.2, 0) is 0 Å². The highest BCUT2D eigenvalue weighted by molar-refractivity contribution is 7.22. The van der Waals surface area contributed by atoms with Gasteiger partial charge in [-0.3, -0.25) is 4.79 Å². The molecular formula is C24H24FN5O2S. The van der Waals surface area contributed by atoms with Gasteiger partial charge in [0.2, 0.25) is 0 Å². The first-order valence-electron chi connectivity index (χ1n) is 10.8. The molecule has 0 saturated carbocycles. The number of methoxy groups -OCH3 is 1. The number of ether oxygens (including phenoxy) is 1. The normalized spacial score (nSPS) is 14.5. The Hall–Kier alpha value is -3.46. The van der Waals surface area contributed by atoms with E-state index >= 15 is 0 Å². The van der Waals surface area contributed by atoms with Crippen molar-refractivity contribution < 1.29 is 13.9 Å². The molecule has 0 bridgehead atoms. The topological polar surface area (TPSA) is 63.5 Å². The maximum Gasteiger partial charge on any atom is 0.254 e. The summed E-state index contributed by atoms with van der Waals surface area (Å²) in [6.07, 6.45) is 0.856. The number of carbonyl (C=O) groups excluding carboxylic acids is 1. The maximum absolute atomic E-state index is 13.4. The molecule has 9 heteroatoms. The van der Waals surface area contributed by atoms with Crippen LogP contribution in [0.5, 0.6) is 5.75 Å². The molecule has 5 rings (SSSR count). The molecule has 0 atom stereocenters. The van der Waals surface area contributed by atoms with Gasteiger partial charge in [0, 0.05) is 31.7 Å². The number of hydrogen-bond acceptors (Lipinski definition) is 6. The predicted octanol–water partition coefficient (Wildman–Crippen LogP) is 4.29. The number of anilines is 1. The van der Waals surface area contributed by atoms with Crippen molar-refractivity contribution in [3.63, 3.8) is 0 Å². The van der Waals surface area contributed by atoms with Crippen LogP contribution in [0.1, 0.15) is 22.5 Å². The van der Waals surface area contributed by atoms with Crippen LogP contribution in [-0.4, -0.2) is 58.9 Å². The predicted molar refractivity (Wildman–Crippen MR) is 127 cm³/mol. The van der Waals surface area contributed by atoms with Crippen molar-refractivity contribution in [1.29, 1.82) is 0 Å². The summed E-state index contributed by atoms with van der Waals surface area (Å²) in [7, 11) is 1.60. The van der Waals surface area contributed by atoms with Gasteiger partial charge in [-0.15, -0.1) is 0 Å². The Balaban J connectivity index is 1.36. The lowest BCUT2D eigenvalue weighted by Crippen LogP contribution is -2.35. The molecule has 170 valence electrons. The number of aryl methyl sites for hydroxylation is 1. The first-order valence-corrected chi connectivity index (χ1v) is 11.7. The number of carbonyl (C=O) groups is 1. The molecule has 1 saturated heterocycles. The van der Waals surface area contributed by atoms with Crippen LogP contribution in [0, 0.1) is 12.7 Å². The van der Waals surface area contributed by atoms with Crippen LogP contribution in [0.4, 0.5) is 9.52 Å². The second-order valence-corrected chi connectivity index (χ2v) is 8.97. The second-order valence-electron chi connectivity index (χ2n) is 7.99. The van der Waals surface area contributed by atoms with Crippen molar-refractivity contribution in [3.8, 4) is 11.4 Å². The van der Waals surface area contributed by atoms with E-state index in [2.05, 4.69) is 10.00 Å². The minimum absolute atomic E-state index is 0.0165. The van der Waals surface area contributed by atoms with Gasteiger partial charge in [-0.1, -0.05) is 17.4 Å². The van der Waals surface area contributed by atoms with Crippen LogP contribution in [0.25, 0.3) is 16.0 Å². The van der Waals surface area contributed by atoms with Gasteiger partial charge in [0.05, 0.1) is 23.2 Å². The van der Waals surface area contributed by atoms with Crippen LogP contribution in [0.2, 0.25) is 0 Å². The van der Waals surface area contributed by atoms with Crippen molar-refractivity contribution in [2.45, 2.75) is 13.3 Å². The second kappa shape index (κ2) is 8.82. The zero-order valence-corrected chi connectivity index (χ0v) is 19.3. The highest BCUT2D eigenvalue weighted by Crippen LogP contribution is 2.33. The summed E-state index contributed by atoms with van der Waals surface area (Å²) < 4.78 is 21.4. The molecular weight excluding hydrogens is 441 g/mol. The zero-order chi connectivity index (χ0) is 22.9. The van der Waals surface area contributed by atoms with E-state index in [1.807, 2.05) is 30.0 Å². The van der Waals surface area contributed by atoms with E-state index in [1.165, 1.54) is 12.1 Å². The molecule has 2 aromatic heterocycles. The number of hydrogen-bond donors (Lipinski definition) is 0. The van der Waals surface area contributed by atoms with Gasteiger partial charge in [-0.2, -0.15) is 10.1 Å². The summed E-state index contributed by atoms with van der Waals surface area (Å²) in [6.45, 7) is 4.80. The fraction of sp³-hybridized carbons (Fsp3) is 0.292. The zero-order valence-electron chi connectivity index (χ0n) is 18.5. The number of amides is 1. The van der Waals surface area contributed by atoms with Crippen molar-refractivity contribution >= 4 is 32.7 Å². The molecule has 3 heterocycles. The molecule has 0 unspecified atom stereocenters. The average Bonchev–Trinajstić information content (AvgIpc) is 3.30. The summed E-state index contributed by atoms with van der Waals surface area (Å²) >= 11 is 1.61. The van der Waals surface area contributed by atoms with Gasteiger partial charge < -0.3 is 14.5 Å². The van der Waals surface area contributed by atoms with E-state index in [4.69, 9.17) is 9.72 Å². The van der Waals surface area contributed by atoms with Gasteiger partial charge in [-0.25, -0.2) is 9.07 Å². The van der Waals surface area contributed by atoms with Gasteiger partial charge in [0.1, 0.15) is 11.6 Å². The summed E-state index contributed by atoms with van der Waals surface area (Å²) in [5.74, 6) is 0.413. The molecule has 2 aromatic carbocycles. The third kappa shape index (κ3) is 4.16. The fourth-order valence-electron chi connectivity index (χ4n) is 4.07. The molecule has 33 heavy (non-hydrogen) atoms. The number of halogens is 1. The number of fused-ring (bicyclic) bond motifs is 1. The Morgan fingerprint density at radius 2 is 1.91 bits per heavy atom. The van der Waals surface area contributed by atoms with E-state index in [0.717, 1.165) is 39.8 Å². The molecule has 1 aliphatic rings. The van der Waals surface area contributed by atoms with E-state index < -0.39 is 0 Å².